The van der Waals surface area contributed by atoms with Gasteiger partial charge in [-0.15, -0.1) is 0 Å². The van der Waals surface area contributed by atoms with Crippen molar-refractivity contribution in [3.8, 4) is 0 Å². The molecule has 2 saturated heterocycles. The van der Waals surface area contributed by atoms with E-state index >= 15 is 0 Å². The summed E-state index contributed by atoms with van der Waals surface area (Å²) in [5.41, 5.74) is -0.189. The van der Waals surface area contributed by atoms with Gasteiger partial charge in [0.1, 0.15) is 12.2 Å². The van der Waals surface area contributed by atoms with Crippen molar-refractivity contribution in [3.63, 3.8) is 0 Å². The van der Waals surface area contributed by atoms with Gasteiger partial charge < -0.3 is 14.7 Å². The highest BCUT2D eigenvalue weighted by Crippen LogP contribution is 2.38. The van der Waals surface area contributed by atoms with Gasteiger partial charge in [0, 0.05) is 12.6 Å². The first-order valence-corrected chi connectivity index (χ1v) is 8.02. The first kappa shape index (κ1) is 14.3. The van der Waals surface area contributed by atoms with Crippen LogP contribution in [0.5, 0.6) is 0 Å². The first-order valence-electron chi connectivity index (χ1n) is 8.02. The Morgan fingerprint density at radius 2 is 2.00 bits per heavy atom. The number of hydrogen-bond acceptors (Lipinski definition) is 4. The molecule has 5 nitrogen and oxygen atoms in total. The Morgan fingerprint density at radius 3 is 2.75 bits per heavy atom. The Morgan fingerprint density at radius 1 is 1.20 bits per heavy atom. The smallest absolute Gasteiger partial charge is 0.248 e. The molecule has 5 heteroatoms. The zero-order valence-corrected chi connectivity index (χ0v) is 12.2. The summed E-state index contributed by atoms with van der Waals surface area (Å²) in [6.07, 6.45) is 7.24. The van der Waals surface area contributed by atoms with E-state index in [0.29, 0.717) is 25.7 Å². The van der Waals surface area contributed by atoms with Crippen molar-refractivity contribution in [2.75, 3.05) is 39.4 Å². The maximum absolute atomic E-state index is 11.8. The summed E-state index contributed by atoms with van der Waals surface area (Å²) < 4.78 is 6.24. The van der Waals surface area contributed by atoms with Crippen LogP contribution in [0, 0.1) is 0 Å². The Kier molecular flexibility index (Phi) is 4.29. The lowest BCUT2D eigenvalue weighted by Gasteiger charge is -2.52. The molecule has 1 N–H and O–H groups in total. The van der Waals surface area contributed by atoms with E-state index in [0.717, 1.165) is 6.42 Å². The van der Waals surface area contributed by atoms with Crippen LogP contribution in [0.2, 0.25) is 0 Å². The zero-order chi connectivity index (χ0) is 14.0. The molecule has 0 radical (unpaired) electrons. The lowest BCUT2D eigenvalue weighted by molar-refractivity contribution is -0.175. The van der Waals surface area contributed by atoms with Crippen LogP contribution in [0.4, 0.5) is 0 Å². The number of amides is 1. The summed E-state index contributed by atoms with van der Waals surface area (Å²) >= 11 is 0. The molecule has 2 aliphatic heterocycles. The molecule has 1 spiro atoms. The van der Waals surface area contributed by atoms with E-state index in [1.807, 2.05) is 0 Å². The van der Waals surface area contributed by atoms with Gasteiger partial charge in [-0.05, 0) is 38.8 Å². The topological polar surface area (TPSA) is 53.0 Å². The van der Waals surface area contributed by atoms with Crippen molar-refractivity contribution in [3.05, 3.63) is 0 Å². The summed E-state index contributed by atoms with van der Waals surface area (Å²) in [6, 6.07) is 0.452. The molecule has 2 atom stereocenters. The van der Waals surface area contributed by atoms with Crippen LogP contribution in [0.1, 0.15) is 38.5 Å². The molecule has 114 valence electrons. The van der Waals surface area contributed by atoms with Crippen molar-refractivity contribution < 1.29 is 14.6 Å². The fourth-order valence-electron chi connectivity index (χ4n) is 4.23. The minimum absolute atomic E-state index is 0.154. The van der Waals surface area contributed by atoms with Crippen LogP contribution in [0.3, 0.4) is 0 Å². The summed E-state index contributed by atoms with van der Waals surface area (Å²) in [5, 5.41) is 9.11. The third-order valence-corrected chi connectivity index (χ3v) is 5.21. The number of rotatable bonds is 2. The number of likely N-dealkylation sites (tertiary alicyclic amines) is 1. The normalized spacial score (nSPS) is 35.6. The minimum atomic E-state index is -0.384. The van der Waals surface area contributed by atoms with Crippen molar-refractivity contribution >= 4 is 5.91 Å². The number of carbonyl (C=O) groups excluding carboxylic acids is 1. The average Bonchev–Trinajstić information content (AvgIpc) is 3.01. The summed E-state index contributed by atoms with van der Waals surface area (Å²) in [7, 11) is 0. The van der Waals surface area contributed by atoms with E-state index in [9.17, 15) is 4.79 Å². The largest absolute Gasteiger partial charge is 0.387 e. The van der Waals surface area contributed by atoms with Gasteiger partial charge in [-0.1, -0.05) is 12.8 Å². The Bertz CT molecular complexity index is 353. The second kappa shape index (κ2) is 6.00. The number of aliphatic hydroxyl groups is 1. The minimum Gasteiger partial charge on any atom is -0.387 e. The fraction of sp³-hybridized carbons (Fsp3) is 0.933. The summed E-state index contributed by atoms with van der Waals surface area (Å²) in [4.78, 5) is 16.2. The van der Waals surface area contributed by atoms with Crippen LogP contribution in [-0.2, 0) is 9.53 Å². The molecule has 0 aromatic heterocycles. The maximum atomic E-state index is 11.8. The van der Waals surface area contributed by atoms with Gasteiger partial charge in [-0.3, -0.25) is 9.69 Å². The molecule has 3 fully saturated rings. The second-order valence-electron chi connectivity index (χ2n) is 6.39. The fourth-order valence-corrected chi connectivity index (χ4v) is 4.23. The Labute approximate surface area is 120 Å². The molecule has 1 saturated carbocycles. The lowest BCUT2D eigenvalue weighted by Crippen LogP contribution is -2.64. The molecule has 0 aromatic carbocycles. The number of carbonyl (C=O) groups is 1. The Hall–Kier alpha value is -0.650. The van der Waals surface area contributed by atoms with Crippen molar-refractivity contribution in [2.24, 2.45) is 0 Å². The van der Waals surface area contributed by atoms with Gasteiger partial charge in [0.15, 0.2) is 0 Å². The quantitative estimate of drug-likeness (QED) is 0.806. The van der Waals surface area contributed by atoms with Gasteiger partial charge in [0.2, 0.25) is 5.91 Å². The molecule has 0 unspecified atom stereocenters. The summed E-state index contributed by atoms with van der Waals surface area (Å²) in [5.74, 6) is -0.154. The van der Waals surface area contributed by atoms with Crippen LogP contribution in [0.25, 0.3) is 0 Å². The van der Waals surface area contributed by atoms with Crippen LogP contribution >= 0.6 is 0 Å². The first-order chi connectivity index (χ1) is 9.75. The van der Waals surface area contributed by atoms with Crippen LogP contribution < -0.4 is 0 Å². The highest BCUT2D eigenvalue weighted by atomic mass is 16.5. The molecular weight excluding hydrogens is 256 g/mol. The molecule has 20 heavy (non-hydrogen) atoms. The summed E-state index contributed by atoms with van der Waals surface area (Å²) in [6.45, 7) is 3.84. The zero-order valence-electron chi connectivity index (χ0n) is 12.2. The van der Waals surface area contributed by atoms with Crippen molar-refractivity contribution in [1.29, 1.82) is 0 Å². The molecule has 0 aromatic rings. The number of aliphatic hydroxyl groups excluding tert-OH is 1. The second-order valence-corrected chi connectivity index (χ2v) is 6.39. The maximum Gasteiger partial charge on any atom is 0.248 e. The van der Waals surface area contributed by atoms with Crippen molar-refractivity contribution in [1.82, 2.24) is 9.80 Å². The van der Waals surface area contributed by atoms with E-state index in [1.165, 1.54) is 45.2 Å². The van der Waals surface area contributed by atoms with Gasteiger partial charge in [-0.2, -0.15) is 0 Å². The third kappa shape index (κ3) is 2.59. The highest BCUT2D eigenvalue weighted by Gasteiger charge is 2.48. The highest BCUT2D eigenvalue weighted by molar-refractivity contribution is 5.77. The molecule has 1 amide bonds. The average molecular weight is 282 g/mol. The number of hydrogen-bond donors (Lipinski definition) is 1. The van der Waals surface area contributed by atoms with E-state index in [1.54, 1.807) is 4.90 Å². The van der Waals surface area contributed by atoms with Crippen molar-refractivity contribution in [2.45, 2.75) is 50.2 Å². The van der Waals surface area contributed by atoms with Gasteiger partial charge in [-0.25, -0.2) is 0 Å². The lowest BCUT2D eigenvalue weighted by atomic mass is 9.78. The Balaban J connectivity index is 1.77. The molecule has 2 heterocycles. The number of nitrogens with zero attached hydrogens (tertiary/aromatic N) is 2. The standard InChI is InChI=1S/C15H26N2O3/c18-11-14(19)17-9-10-20-15(12-17)6-2-1-5-13(15)16-7-3-4-8-16/h13,18H,1-12H2/t13-,15+/m1/s1. The van der Waals surface area contributed by atoms with Crippen LogP contribution in [0.15, 0.2) is 0 Å². The molecular formula is C15H26N2O3. The monoisotopic (exact) mass is 282 g/mol. The SMILES string of the molecule is O=C(CO)N1CCO[C@@]2(CCCC[C@H]2N2CCCC2)C1. The van der Waals surface area contributed by atoms with Gasteiger partial charge >= 0.3 is 0 Å². The molecule has 0 bridgehead atoms. The van der Waals surface area contributed by atoms with Gasteiger partial charge in [0.25, 0.3) is 0 Å². The van der Waals surface area contributed by atoms with E-state index in [-0.39, 0.29) is 18.1 Å². The van der Waals surface area contributed by atoms with E-state index < -0.39 is 0 Å². The number of morpholine rings is 1. The molecule has 3 aliphatic rings. The van der Waals surface area contributed by atoms with E-state index in [4.69, 9.17) is 9.84 Å². The van der Waals surface area contributed by atoms with Gasteiger partial charge in [0.05, 0.1) is 13.2 Å². The molecule has 3 rings (SSSR count). The number of ether oxygens (including phenoxy) is 1. The predicted molar refractivity (Wildman–Crippen MR) is 75.4 cm³/mol. The predicted octanol–water partition coefficient (Wildman–Crippen LogP) is 0.615. The van der Waals surface area contributed by atoms with E-state index in [2.05, 4.69) is 4.90 Å². The molecule has 1 aliphatic carbocycles. The third-order valence-electron chi connectivity index (χ3n) is 5.21. The van der Waals surface area contributed by atoms with Crippen LogP contribution in [-0.4, -0.2) is 71.8 Å².